The van der Waals surface area contributed by atoms with Gasteiger partial charge in [0.1, 0.15) is 17.2 Å². The van der Waals surface area contributed by atoms with Gasteiger partial charge < -0.3 is 15.6 Å². The van der Waals surface area contributed by atoms with Gasteiger partial charge >= 0.3 is 0 Å². The zero-order valence-corrected chi connectivity index (χ0v) is 19.0. The number of benzene rings is 1. The summed E-state index contributed by atoms with van der Waals surface area (Å²) in [6.07, 6.45) is 3.09. The maximum Gasteiger partial charge on any atom is 0.240 e. The largest absolute Gasteiger partial charge is 0.362 e. The van der Waals surface area contributed by atoms with Crippen LogP contribution in [0, 0.1) is 5.82 Å². The van der Waals surface area contributed by atoms with E-state index in [2.05, 4.69) is 41.0 Å². The standard InChI is InChI=1S/C22H23FN10S/c23-13-4-3-9-26-16(13)12-27-20-19-21(32-22(31-20)33-24)34-18(30-19)8-11-25-10-7-17-28-14-5-1-2-6-15(14)29-17/h1-6,9,25H,7-8,10-12,24H2,(H,28,29)(H2,27,31,32,33). The lowest BCUT2D eigenvalue weighted by atomic mass is 10.3. The van der Waals surface area contributed by atoms with E-state index in [1.165, 1.54) is 17.4 Å². The van der Waals surface area contributed by atoms with Crippen LogP contribution in [0.1, 0.15) is 16.5 Å². The molecule has 0 bridgehead atoms. The van der Waals surface area contributed by atoms with Crippen LogP contribution >= 0.6 is 11.3 Å². The fraction of sp³-hybridized carbons (Fsp3) is 0.227. The number of hydrazine groups is 1. The number of anilines is 2. The average Bonchev–Trinajstić information content (AvgIpc) is 3.46. The molecule has 0 saturated heterocycles. The third kappa shape index (κ3) is 4.93. The number of thiazole rings is 1. The van der Waals surface area contributed by atoms with Crippen molar-refractivity contribution in [3.05, 3.63) is 64.9 Å². The Morgan fingerprint density at radius 3 is 2.74 bits per heavy atom. The molecule has 5 aromatic rings. The van der Waals surface area contributed by atoms with Crippen molar-refractivity contribution in [1.29, 1.82) is 0 Å². The normalized spacial score (nSPS) is 11.4. The van der Waals surface area contributed by atoms with Crippen LogP contribution < -0.4 is 21.9 Å². The van der Waals surface area contributed by atoms with E-state index in [0.29, 0.717) is 21.9 Å². The van der Waals surface area contributed by atoms with Crippen LogP contribution in [0.5, 0.6) is 0 Å². The first-order chi connectivity index (χ1) is 16.7. The number of nitrogen functional groups attached to an aromatic ring is 1. The molecule has 12 heteroatoms. The summed E-state index contributed by atoms with van der Waals surface area (Å²) in [6, 6.07) is 10.9. The highest BCUT2D eigenvalue weighted by Gasteiger charge is 2.14. The first-order valence-corrected chi connectivity index (χ1v) is 11.6. The number of imidazole rings is 1. The molecular formula is C22H23FN10S. The molecule has 0 aliphatic carbocycles. The molecule has 4 aromatic heterocycles. The van der Waals surface area contributed by atoms with Crippen LogP contribution in [0.3, 0.4) is 0 Å². The number of para-hydroxylation sites is 2. The van der Waals surface area contributed by atoms with Crippen LogP contribution in [-0.4, -0.2) is 43.0 Å². The smallest absolute Gasteiger partial charge is 0.240 e. The Hall–Kier alpha value is -3.74. The summed E-state index contributed by atoms with van der Waals surface area (Å²) >= 11 is 1.48. The third-order valence-electron chi connectivity index (χ3n) is 5.18. The van der Waals surface area contributed by atoms with Gasteiger partial charge in [-0.2, -0.15) is 9.97 Å². The van der Waals surface area contributed by atoms with Crippen molar-refractivity contribution in [2.45, 2.75) is 19.4 Å². The predicted octanol–water partition coefficient (Wildman–Crippen LogP) is 2.77. The van der Waals surface area contributed by atoms with Gasteiger partial charge in [-0.25, -0.2) is 20.2 Å². The van der Waals surface area contributed by atoms with Crippen molar-refractivity contribution in [1.82, 2.24) is 35.2 Å². The van der Waals surface area contributed by atoms with Crippen LogP contribution in [0.15, 0.2) is 42.6 Å². The van der Waals surface area contributed by atoms with Crippen LogP contribution in [-0.2, 0) is 19.4 Å². The molecule has 0 saturated carbocycles. The first-order valence-electron chi connectivity index (χ1n) is 10.8. The van der Waals surface area contributed by atoms with Crippen molar-refractivity contribution in [3.8, 4) is 0 Å². The molecule has 0 unspecified atom stereocenters. The molecule has 10 nitrogen and oxygen atoms in total. The number of rotatable bonds is 10. The van der Waals surface area contributed by atoms with Gasteiger partial charge in [-0.05, 0) is 24.3 Å². The van der Waals surface area contributed by atoms with Crippen molar-refractivity contribution in [3.63, 3.8) is 0 Å². The predicted molar refractivity (Wildman–Crippen MR) is 131 cm³/mol. The number of aromatic nitrogens is 6. The molecule has 34 heavy (non-hydrogen) atoms. The van der Waals surface area contributed by atoms with Crippen molar-refractivity contribution in [2.75, 3.05) is 23.8 Å². The number of nitrogens with one attached hydrogen (secondary N) is 4. The number of nitrogens with zero attached hydrogens (tertiary/aromatic N) is 5. The van der Waals surface area contributed by atoms with E-state index in [-0.39, 0.29) is 18.3 Å². The molecule has 0 amide bonds. The minimum Gasteiger partial charge on any atom is -0.362 e. The van der Waals surface area contributed by atoms with Crippen LogP contribution in [0.4, 0.5) is 16.2 Å². The Morgan fingerprint density at radius 2 is 1.88 bits per heavy atom. The van der Waals surface area contributed by atoms with E-state index in [4.69, 9.17) is 10.8 Å². The number of pyridine rings is 1. The van der Waals surface area contributed by atoms with E-state index in [1.807, 2.05) is 24.3 Å². The van der Waals surface area contributed by atoms with E-state index < -0.39 is 0 Å². The summed E-state index contributed by atoms with van der Waals surface area (Å²) in [6.45, 7) is 1.73. The van der Waals surface area contributed by atoms with Gasteiger partial charge in [0.05, 0.1) is 28.3 Å². The minimum absolute atomic E-state index is 0.166. The summed E-state index contributed by atoms with van der Waals surface area (Å²) in [5.74, 6) is 6.84. The lowest BCUT2D eigenvalue weighted by Gasteiger charge is -2.07. The lowest BCUT2D eigenvalue weighted by molar-refractivity contribution is 0.602. The maximum atomic E-state index is 13.9. The lowest BCUT2D eigenvalue weighted by Crippen LogP contribution is -2.20. The van der Waals surface area contributed by atoms with E-state index >= 15 is 0 Å². The Kier molecular flexibility index (Phi) is 6.51. The second-order valence-corrected chi connectivity index (χ2v) is 8.60. The van der Waals surface area contributed by atoms with E-state index in [1.54, 1.807) is 12.3 Å². The second kappa shape index (κ2) is 10.0. The van der Waals surface area contributed by atoms with Gasteiger partial charge in [0.15, 0.2) is 10.6 Å². The molecule has 0 aliphatic rings. The quantitative estimate of drug-likeness (QED) is 0.116. The Balaban J connectivity index is 1.20. The van der Waals surface area contributed by atoms with E-state index in [0.717, 1.165) is 47.8 Å². The monoisotopic (exact) mass is 478 g/mol. The van der Waals surface area contributed by atoms with Crippen molar-refractivity contribution < 1.29 is 4.39 Å². The van der Waals surface area contributed by atoms with Gasteiger partial charge in [0.25, 0.3) is 0 Å². The molecular weight excluding hydrogens is 455 g/mol. The molecule has 0 fully saturated rings. The summed E-state index contributed by atoms with van der Waals surface area (Å²) in [5, 5.41) is 7.46. The maximum absolute atomic E-state index is 13.9. The fourth-order valence-corrected chi connectivity index (χ4v) is 4.46. The summed E-state index contributed by atoms with van der Waals surface area (Å²) in [5.41, 5.74) is 5.42. The third-order valence-corrected chi connectivity index (χ3v) is 6.19. The number of nitrogens with two attached hydrogens (primary N) is 1. The van der Waals surface area contributed by atoms with Crippen LogP contribution in [0.25, 0.3) is 21.4 Å². The highest BCUT2D eigenvalue weighted by atomic mass is 32.1. The number of hydrogen-bond donors (Lipinski definition) is 5. The van der Waals surface area contributed by atoms with Crippen molar-refractivity contribution >= 4 is 44.5 Å². The second-order valence-electron chi connectivity index (χ2n) is 7.54. The Bertz CT molecular complexity index is 1380. The average molecular weight is 479 g/mol. The van der Waals surface area contributed by atoms with Gasteiger partial charge in [0, 0.05) is 32.1 Å². The summed E-state index contributed by atoms with van der Waals surface area (Å²) in [7, 11) is 0. The molecule has 4 heterocycles. The number of aromatic amines is 1. The highest BCUT2D eigenvalue weighted by molar-refractivity contribution is 7.18. The molecule has 0 spiro atoms. The molecule has 6 N–H and O–H groups in total. The van der Waals surface area contributed by atoms with Gasteiger partial charge in [-0.1, -0.05) is 23.5 Å². The fourth-order valence-electron chi connectivity index (χ4n) is 3.53. The van der Waals surface area contributed by atoms with Crippen LogP contribution in [0.2, 0.25) is 0 Å². The number of halogens is 1. The first kappa shape index (κ1) is 22.1. The topological polar surface area (TPSA) is 142 Å². The van der Waals surface area contributed by atoms with Crippen molar-refractivity contribution in [2.24, 2.45) is 5.84 Å². The summed E-state index contributed by atoms with van der Waals surface area (Å²) in [4.78, 5) is 26.1. The summed E-state index contributed by atoms with van der Waals surface area (Å²) < 4.78 is 13.9. The number of hydrogen-bond acceptors (Lipinski definition) is 10. The minimum atomic E-state index is -0.384. The molecule has 0 atom stereocenters. The van der Waals surface area contributed by atoms with Gasteiger partial charge in [-0.3, -0.25) is 10.4 Å². The number of H-pyrrole nitrogens is 1. The molecule has 5 rings (SSSR count). The Morgan fingerprint density at radius 1 is 1.00 bits per heavy atom. The molecule has 0 radical (unpaired) electrons. The SMILES string of the molecule is NNc1nc(NCc2ncccc2F)c2nc(CCNCCc3nc4ccccc4[nH]3)sc2n1. The van der Waals surface area contributed by atoms with E-state index in [9.17, 15) is 4.39 Å². The number of fused-ring (bicyclic) bond motifs is 2. The molecule has 174 valence electrons. The molecule has 1 aromatic carbocycles. The zero-order chi connectivity index (χ0) is 23.3. The Labute approximate surface area is 198 Å². The highest BCUT2D eigenvalue weighted by Crippen LogP contribution is 2.27. The zero-order valence-electron chi connectivity index (χ0n) is 18.2. The molecule has 0 aliphatic heterocycles. The van der Waals surface area contributed by atoms with Gasteiger partial charge in [0.2, 0.25) is 5.95 Å². The van der Waals surface area contributed by atoms with Gasteiger partial charge in [-0.15, -0.1) is 0 Å².